The number of hydrogen-bond acceptors (Lipinski definition) is 4. The van der Waals surface area contributed by atoms with Crippen LogP contribution in [0.4, 0.5) is 0 Å². The quantitative estimate of drug-likeness (QED) is 0.0986. The fourth-order valence-corrected chi connectivity index (χ4v) is 4.62. The monoisotopic (exact) mass is 496 g/mol. The van der Waals surface area contributed by atoms with E-state index in [1.165, 1.54) is 51.4 Å². The Morgan fingerprint density at radius 3 is 1.57 bits per heavy atom. The van der Waals surface area contributed by atoms with Crippen molar-refractivity contribution < 1.29 is 19.1 Å². The highest BCUT2D eigenvalue weighted by molar-refractivity contribution is 5.69. The molecule has 0 amide bonds. The fourth-order valence-electron chi connectivity index (χ4n) is 4.62. The van der Waals surface area contributed by atoms with E-state index in [0.29, 0.717) is 49.7 Å². The van der Waals surface area contributed by atoms with Gasteiger partial charge in [-0.3, -0.25) is 9.59 Å². The predicted molar refractivity (Wildman–Crippen MR) is 148 cm³/mol. The van der Waals surface area contributed by atoms with Crippen LogP contribution in [-0.4, -0.2) is 25.2 Å². The SMILES string of the molecule is CCCCC(CC)COC(=O)CCCCCCCCC(CC(=O)OCC(CC)CCCC)C(C)C. The Bertz CT molecular complexity index is 502. The molecule has 4 heteroatoms. The van der Waals surface area contributed by atoms with Crippen LogP contribution in [0.1, 0.15) is 151 Å². The number of esters is 2. The molecule has 0 heterocycles. The van der Waals surface area contributed by atoms with Crippen LogP contribution in [0.5, 0.6) is 0 Å². The van der Waals surface area contributed by atoms with E-state index in [1.54, 1.807) is 0 Å². The van der Waals surface area contributed by atoms with Crippen LogP contribution in [-0.2, 0) is 19.1 Å². The molecule has 0 aromatic rings. The molecule has 0 radical (unpaired) electrons. The molecule has 0 bridgehead atoms. The Balaban J connectivity index is 3.90. The van der Waals surface area contributed by atoms with Crippen molar-refractivity contribution in [2.45, 2.75) is 151 Å². The standard InChI is InChI=1S/C31H60O4/c1-7-11-19-27(9-3)24-34-30(32)22-18-16-14-13-15-17-21-29(26(5)6)23-31(33)35-25-28(10-4)20-12-8-2/h26-29H,7-25H2,1-6H3. The van der Waals surface area contributed by atoms with Crippen LogP contribution in [0.2, 0.25) is 0 Å². The molecule has 0 spiro atoms. The van der Waals surface area contributed by atoms with Crippen molar-refractivity contribution in [1.29, 1.82) is 0 Å². The van der Waals surface area contributed by atoms with Gasteiger partial charge in [-0.25, -0.2) is 0 Å². The van der Waals surface area contributed by atoms with E-state index in [0.717, 1.165) is 44.9 Å². The predicted octanol–water partition coefficient (Wildman–Crippen LogP) is 9.29. The summed E-state index contributed by atoms with van der Waals surface area (Å²) in [6.45, 7) is 14.4. The molecular weight excluding hydrogens is 436 g/mol. The minimum atomic E-state index is -0.0257. The lowest BCUT2D eigenvalue weighted by Gasteiger charge is -2.21. The Kier molecular flexibility index (Phi) is 22.6. The third-order valence-electron chi connectivity index (χ3n) is 7.62. The third-order valence-corrected chi connectivity index (χ3v) is 7.62. The zero-order chi connectivity index (χ0) is 26.3. The van der Waals surface area contributed by atoms with Gasteiger partial charge < -0.3 is 9.47 Å². The lowest BCUT2D eigenvalue weighted by Crippen LogP contribution is -2.19. The minimum Gasteiger partial charge on any atom is -0.465 e. The molecule has 0 N–H and O–H groups in total. The van der Waals surface area contributed by atoms with Gasteiger partial charge in [-0.1, -0.05) is 112 Å². The van der Waals surface area contributed by atoms with Gasteiger partial charge in [-0.15, -0.1) is 0 Å². The average Bonchev–Trinajstić information content (AvgIpc) is 2.84. The Labute approximate surface area is 218 Å². The van der Waals surface area contributed by atoms with Gasteiger partial charge in [-0.05, 0) is 49.4 Å². The van der Waals surface area contributed by atoms with E-state index < -0.39 is 0 Å². The molecule has 0 saturated carbocycles. The number of carbonyl (C=O) groups excluding carboxylic acids is 2. The lowest BCUT2D eigenvalue weighted by molar-refractivity contribution is -0.147. The number of unbranched alkanes of at least 4 members (excludes halogenated alkanes) is 7. The second kappa shape index (κ2) is 23.3. The molecule has 3 atom stereocenters. The van der Waals surface area contributed by atoms with E-state index in [9.17, 15) is 9.59 Å². The minimum absolute atomic E-state index is 0.0128. The Hall–Kier alpha value is -1.06. The zero-order valence-electron chi connectivity index (χ0n) is 24.4. The molecule has 3 unspecified atom stereocenters. The summed E-state index contributed by atoms with van der Waals surface area (Å²) in [7, 11) is 0. The summed E-state index contributed by atoms with van der Waals surface area (Å²) in [5.74, 6) is 1.91. The van der Waals surface area contributed by atoms with Crippen molar-refractivity contribution in [3.05, 3.63) is 0 Å². The molecule has 0 aromatic heterocycles. The molecule has 0 fully saturated rings. The molecular formula is C31H60O4. The third kappa shape index (κ3) is 19.8. The van der Waals surface area contributed by atoms with Crippen LogP contribution in [0.25, 0.3) is 0 Å². The highest BCUT2D eigenvalue weighted by atomic mass is 16.5. The van der Waals surface area contributed by atoms with Crippen LogP contribution < -0.4 is 0 Å². The first-order chi connectivity index (χ1) is 16.9. The first-order valence-corrected chi connectivity index (χ1v) is 15.2. The molecule has 35 heavy (non-hydrogen) atoms. The van der Waals surface area contributed by atoms with Gasteiger partial charge in [0.15, 0.2) is 0 Å². The number of ether oxygens (including phenoxy) is 2. The Morgan fingerprint density at radius 2 is 1.09 bits per heavy atom. The van der Waals surface area contributed by atoms with Crippen molar-refractivity contribution in [2.24, 2.45) is 23.7 Å². The van der Waals surface area contributed by atoms with E-state index in [2.05, 4.69) is 41.5 Å². The second-order valence-electron chi connectivity index (χ2n) is 11.1. The van der Waals surface area contributed by atoms with Gasteiger partial charge in [0.05, 0.1) is 13.2 Å². The van der Waals surface area contributed by atoms with Gasteiger partial charge in [0.1, 0.15) is 0 Å². The van der Waals surface area contributed by atoms with Gasteiger partial charge in [0, 0.05) is 12.8 Å². The van der Waals surface area contributed by atoms with Gasteiger partial charge >= 0.3 is 11.9 Å². The van der Waals surface area contributed by atoms with Crippen molar-refractivity contribution in [3.63, 3.8) is 0 Å². The second-order valence-corrected chi connectivity index (χ2v) is 11.1. The summed E-state index contributed by atoms with van der Waals surface area (Å²) in [6.07, 6.45) is 18.3. The zero-order valence-corrected chi connectivity index (χ0v) is 24.4. The fraction of sp³-hybridized carbons (Fsp3) is 0.935. The molecule has 0 saturated heterocycles. The van der Waals surface area contributed by atoms with Gasteiger partial charge in [0.25, 0.3) is 0 Å². The molecule has 0 aliphatic rings. The van der Waals surface area contributed by atoms with Gasteiger partial charge in [0.2, 0.25) is 0 Å². The van der Waals surface area contributed by atoms with Crippen molar-refractivity contribution in [3.8, 4) is 0 Å². The van der Waals surface area contributed by atoms with E-state index in [1.807, 2.05) is 0 Å². The van der Waals surface area contributed by atoms with Crippen LogP contribution in [0.3, 0.4) is 0 Å². The molecule has 208 valence electrons. The molecule has 0 aliphatic carbocycles. The van der Waals surface area contributed by atoms with Gasteiger partial charge in [-0.2, -0.15) is 0 Å². The molecule has 0 aliphatic heterocycles. The topological polar surface area (TPSA) is 52.6 Å². The van der Waals surface area contributed by atoms with E-state index in [-0.39, 0.29) is 11.9 Å². The smallest absolute Gasteiger partial charge is 0.306 e. The molecule has 4 nitrogen and oxygen atoms in total. The Morgan fingerprint density at radius 1 is 0.600 bits per heavy atom. The first-order valence-electron chi connectivity index (χ1n) is 15.2. The first kappa shape index (κ1) is 33.9. The highest BCUT2D eigenvalue weighted by Crippen LogP contribution is 2.24. The maximum atomic E-state index is 12.4. The van der Waals surface area contributed by atoms with Crippen molar-refractivity contribution in [1.82, 2.24) is 0 Å². The van der Waals surface area contributed by atoms with Crippen molar-refractivity contribution >= 4 is 11.9 Å². The summed E-state index contributed by atoms with van der Waals surface area (Å²) in [5, 5.41) is 0. The summed E-state index contributed by atoms with van der Waals surface area (Å²) in [6, 6.07) is 0. The van der Waals surface area contributed by atoms with E-state index >= 15 is 0 Å². The van der Waals surface area contributed by atoms with Crippen molar-refractivity contribution in [2.75, 3.05) is 13.2 Å². The average molecular weight is 497 g/mol. The van der Waals surface area contributed by atoms with E-state index in [4.69, 9.17) is 9.47 Å². The largest absolute Gasteiger partial charge is 0.465 e. The normalized spacial score (nSPS) is 14.0. The number of rotatable bonds is 24. The molecule has 0 aromatic carbocycles. The maximum absolute atomic E-state index is 12.4. The van der Waals surface area contributed by atoms with Crippen LogP contribution >= 0.6 is 0 Å². The summed E-state index contributed by atoms with van der Waals surface area (Å²) < 4.78 is 11.1. The number of carbonyl (C=O) groups is 2. The van der Waals surface area contributed by atoms with Crippen LogP contribution in [0, 0.1) is 23.7 Å². The summed E-state index contributed by atoms with van der Waals surface area (Å²) in [5.41, 5.74) is 0. The lowest BCUT2D eigenvalue weighted by atomic mass is 9.87. The summed E-state index contributed by atoms with van der Waals surface area (Å²) in [4.78, 5) is 24.4. The molecule has 0 rings (SSSR count). The number of hydrogen-bond donors (Lipinski definition) is 0. The maximum Gasteiger partial charge on any atom is 0.306 e. The highest BCUT2D eigenvalue weighted by Gasteiger charge is 2.19. The van der Waals surface area contributed by atoms with Crippen LogP contribution in [0.15, 0.2) is 0 Å². The summed E-state index contributed by atoms with van der Waals surface area (Å²) >= 11 is 0.